The number of aromatic nitrogens is 1. The molecule has 0 aliphatic heterocycles. The van der Waals surface area contributed by atoms with Crippen molar-refractivity contribution in [2.45, 2.75) is 11.4 Å². The molecule has 1 heterocycles. The molecule has 0 radical (unpaired) electrons. The van der Waals surface area contributed by atoms with Crippen molar-refractivity contribution in [3.63, 3.8) is 0 Å². The van der Waals surface area contributed by atoms with E-state index in [0.717, 1.165) is 6.26 Å². The van der Waals surface area contributed by atoms with Gasteiger partial charge in [0.15, 0.2) is 9.84 Å². The van der Waals surface area contributed by atoms with Gasteiger partial charge in [-0.25, -0.2) is 13.2 Å². The number of pyridine rings is 1. The lowest BCUT2D eigenvalue weighted by atomic mass is 10.0. The van der Waals surface area contributed by atoms with Gasteiger partial charge in [0.05, 0.1) is 18.6 Å². The van der Waals surface area contributed by atoms with E-state index in [1.54, 1.807) is 30.3 Å². The van der Waals surface area contributed by atoms with Crippen LogP contribution in [0.2, 0.25) is 5.02 Å². The Bertz CT molecular complexity index is 1290. The minimum atomic E-state index is -3.34. The molecule has 6 nitrogen and oxygen atoms in total. The van der Waals surface area contributed by atoms with Crippen molar-refractivity contribution in [2.24, 2.45) is 0 Å². The molecule has 2 aromatic carbocycles. The van der Waals surface area contributed by atoms with E-state index in [0.29, 0.717) is 26.9 Å². The molecule has 0 atom stereocenters. The number of carbonyl (C=O) groups excluding carboxylic acids is 1. The first-order valence-electron chi connectivity index (χ1n) is 8.53. The molecule has 0 saturated heterocycles. The van der Waals surface area contributed by atoms with Gasteiger partial charge in [0.25, 0.3) is 5.56 Å². The van der Waals surface area contributed by atoms with Crippen molar-refractivity contribution in [1.82, 2.24) is 4.57 Å². The Morgan fingerprint density at radius 1 is 1.17 bits per heavy atom. The summed E-state index contributed by atoms with van der Waals surface area (Å²) in [5.74, 6) is -0.688. The second kappa shape index (κ2) is 7.85. The summed E-state index contributed by atoms with van der Waals surface area (Å²) in [5, 5.41) is 1.30. The summed E-state index contributed by atoms with van der Waals surface area (Å²) in [5.41, 5.74) is 0.735. The Labute approximate surface area is 172 Å². The van der Waals surface area contributed by atoms with Gasteiger partial charge in [0, 0.05) is 22.2 Å². The molecular formula is C21H18ClNO5S. The van der Waals surface area contributed by atoms with Crippen molar-refractivity contribution < 1.29 is 17.9 Å². The zero-order chi connectivity index (χ0) is 21.3. The van der Waals surface area contributed by atoms with Crippen molar-refractivity contribution in [1.29, 1.82) is 0 Å². The van der Waals surface area contributed by atoms with Crippen LogP contribution in [0.3, 0.4) is 0 Å². The van der Waals surface area contributed by atoms with Crippen LogP contribution in [0.25, 0.3) is 16.8 Å². The highest BCUT2D eigenvalue weighted by atomic mass is 35.5. The summed E-state index contributed by atoms with van der Waals surface area (Å²) in [6.07, 6.45) is 2.60. The third kappa shape index (κ3) is 3.97. The largest absolute Gasteiger partial charge is 0.464 e. The number of ether oxygens (including phenoxy) is 1. The molecule has 3 rings (SSSR count). The second-order valence-electron chi connectivity index (χ2n) is 6.46. The first-order valence-corrected chi connectivity index (χ1v) is 10.8. The highest BCUT2D eigenvalue weighted by molar-refractivity contribution is 7.90. The van der Waals surface area contributed by atoms with Crippen LogP contribution in [0.4, 0.5) is 0 Å². The molecule has 0 fully saturated rings. The minimum absolute atomic E-state index is 0.0483. The number of hydrogen-bond acceptors (Lipinski definition) is 5. The molecule has 0 unspecified atom stereocenters. The number of rotatable bonds is 5. The van der Waals surface area contributed by atoms with Crippen LogP contribution in [0.5, 0.6) is 0 Å². The van der Waals surface area contributed by atoms with E-state index in [-0.39, 0.29) is 17.1 Å². The fraction of sp³-hybridized carbons (Fsp3) is 0.143. The standard InChI is InChI=1S/C21H18ClNO5S/c1-4-16-18-11-14(22)7-10-17(18)20(24)23(19(16)21(25)28-2)12-13-5-8-15(9-6-13)29(3,26)27/h4-11H,1,12H2,2-3H3. The van der Waals surface area contributed by atoms with E-state index in [2.05, 4.69) is 6.58 Å². The van der Waals surface area contributed by atoms with Gasteiger partial charge in [-0.15, -0.1) is 0 Å². The summed E-state index contributed by atoms with van der Waals surface area (Å²) >= 11 is 6.08. The van der Waals surface area contributed by atoms with Gasteiger partial charge in [-0.1, -0.05) is 36.4 Å². The fourth-order valence-electron chi connectivity index (χ4n) is 3.14. The number of fused-ring (bicyclic) bond motifs is 1. The third-order valence-electron chi connectivity index (χ3n) is 4.55. The predicted octanol–water partition coefficient (Wildman–Crippen LogP) is 3.54. The van der Waals surface area contributed by atoms with Gasteiger partial charge in [0.1, 0.15) is 5.69 Å². The topological polar surface area (TPSA) is 82.4 Å². The van der Waals surface area contributed by atoms with E-state index >= 15 is 0 Å². The lowest BCUT2D eigenvalue weighted by Gasteiger charge is -2.17. The lowest BCUT2D eigenvalue weighted by molar-refractivity contribution is 0.0587. The third-order valence-corrected chi connectivity index (χ3v) is 5.91. The molecule has 0 aliphatic rings. The van der Waals surface area contributed by atoms with Gasteiger partial charge in [-0.3, -0.25) is 9.36 Å². The zero-order valence-corrected chi connectivity index (χ0v) is 17.4. The summed E-state index contributed by atoms with van der Waals surface area (Å²) in [7, 11) is -2.11. The quantitative estimate of drug-likeness (QED) is 0.577. The van der Waals surface area contributed by atoms with Crippen LogP contribution in [-0.2, 0) is 21.1 Å². The zero-order valence-electron chi connectivity index (χ0n) is 15.8. The molecule has 3 aromatic rings. The van der Waals surface area contributed by atoms with Crippen LogP contribution < -0.4 is 5.56 Å². The van der Waals surface area contributed by atoms with Gasteiger partial charge >= 0.3 is 5.97 Å². The summed E-state index contributed by atoms with van der Waals surface area (Å²) in [6, 6.07) is 10.9. The minimum Gasteiger partial charge on any atom is -0.464 e. The Kier molecular flexibility index (Phi) is 5.64. The summed E-state index contributed by atoms with van der Waals surface area (Å²) in [4.78, 5) is 25.9. The molecule has 1 aromatic heterocycles. The summed E-state index contributed by atoms with van der Waals surface area (Å²) < 4.78 is 29.5. The smallest absolute Gasteiger partial charge is 0.355 e. The number of benzene rings is 2. The number of methoxy groups -OCH3 is 1. The number of sulfone groups is 1. The Balaban J connectivity index is 2.27. The van der Waals surface area contributed by atoms with Crippen LogP contribution in [0, 0.1) is 0 Å². The second-order valence-corrected chi connectivity index (χ2v) is 8.91. The SMILES string of the molecule is C=Cc1c(C(=O)OC)n(Cc2ccc(S(C)(=O)=O)cc2)c(=O)c2ccc(Cl)cc12. The normalized spacial score (nSPS) is 11.4. The molecule has 0 spiro atoms. The molecule has 29 heavy (non-hydrogen) atoms. The Morgan fingerprint density at radius 3 is 2.38 bits per heavy atom. The van der Waals surface area contributed by atoms with E-state index in [1.165, 1.54) is 29.9 Å². The number of hydrogen-bond donors (Lipinski definition) is 0. The highest BCUT2D eigenvalue weighted by Crippen LogP contribution is 2.25. The van der Waals surface area contributed by atoms with Crippen molar-refractivity contribution in [3.8, 4) is 0 Å². The van der Waals surface area contributed by atoms with Crippen molar-refractivity contribution in [3.05, 3.63) is 81.2 Å². The van der Waals surface area contributed by atoms with E-state index < -0.39 is 21.4 Å². The lowest BCUT2D eigenvalue weighted by Crippen LogP contribution is -2.28. The van der Waals surface area contributed by atoms with Crippen LogP contribution in [0.1, 0.15) is 21.6 Å². The molecule has 0 saturated carbocycles. The first kappa shape index (κ1) is 20.8. The number of carbonyl (C=O) groups is 1. The molecule has 8 heteroatoms. The van der Waals surface area contributed by atoms with Gasteiger partial charge in [0.2, 0.25) is 0 Å². The van der Waals surface area contributed by atoms with Gasteiger partial charge in [-0.05, 0) is 41.3 Å². The number of esters is 1. The first-order chi connectivity index (χ1) is 13.7. The fourth-order valence-corrected chi connectivity index (χ4v) is 3.95. The predicted molar refractivity (Wildman–Crippen MR) is 113 cm³/mol. The van der Waals surface area contributed by atoms with E-state index in [9.17, 15) is 18.0 Å². The molecule has 0 bridgehead atoms. The highest BCUT2D eigenvalue weighted by Gasteiger charge is 2.22. The summed E-state index contributed by atoms with van der Waals surface area (Å²) in [6.45, 7) is 3.82. The van der Waals surface area contributed by atoms with E-state index in [4.69, 9.17) is 16.3 Å². The Morgan fingerprint density at radius 2 is 1.83 bits per heavy atom. The maximum atomic E-state index is 13.2. The van der Waals surface area contributed by atoms with Gasteiger partial charge < -0.3 is 4.74 Å². The molecular weight excluding hydrogens is 414 g/mol. The van der Waals surface area contributed by atoms with E-state index in [1.807, 2.05) is 0 Å². The molecule has 0 amide bonds. The average Bonchev–Trinajstić information content (AvgIpc) is 2.68. The van der Waals surface area contributed by atoms with Crippen LogP contribution in [0.15, 0.2) is 58.7 Å². The molecule has 0 aliphatic carbocycles. The van der Waals surface area contributed by atoms with Crippen LogP contribution >= 0.6 is 11.6 Å². The number of halogens is 1. The van der Waals surface area contributed by atoms with Gasteiger partial charge in [-0.2, -0.15) is 0 Å². The monoisotopic (exact) mass is 431 g/mol. The molecule has 150 valence electrons. The Hall–Kier alpha value is -2.90. The van der Waals surface area contributed by atoms with Crippen molar-refractivity contribution >= 4 is 44.3 Å². The average molecular weight is 432 g/mol. The van der Waals surface area contributed by atoms with Crippen LogP contribution in [-0.4, -0.2) is 32.3 Å². The maximum absolute atomic E-state index is 13.2. The molecule has 0 N–H and O–H groups in total. The van der Waals surface area contributed by atoms with Crippen molar-refractivity contribution in [2.75, 3.05) is 13.4 Å². The number of nitrogens with zero attached hydrogens (tertiary/aromatic N) is 1. The maximum Gasteiger partial charge on any atom is 0.355 e.